The normalized spacial score (nSPS) is 12.3. The molecule has 1 aromatic carbocycles. The Morgan fingerprint density at radius 3 is 2.24 bits per heavy atom. The highest BCUT2D eigenvalue weighted by Crippen LogP contribution is 2.13. The molecule has 0 amide bonds. The molecule has 0 saturated carbocycles. The smallest absolute Gasteiger partial charge is 0.240 e. The first-order valence-electron chi connectivity index (χ1n) is 7.51. The maximum Gasteiger partial charge on any atom is 0.240 e. The summed E-state index contributed by atoms with van der Waals surface area (Å²) in [5.41, 5.74) is 1.16. The molecule has 0 aliphatic carbocycles. The number of nitrogens with one attached hydrogen (secondary N) is 1. The molecule has 21 heavy (non-hydrogen) atoms. The number of hydrogen-bond acceptors (Lipinski definition) is 3. The van der Waals surface area contributed by atoms with Crippen LogP contribution in [0.5, 0.6) is 0 Å². The molecule has 0 heterocycles. The minimum absolute atomic E-state index is 0.176. The van der Waals surface area contributed by atoms with Gasteiger partial charge in [-0.2, -0.15) is 0 Å². The first kappa shape index (κ1) is 18.1. The number of hydrogen-bond donors (Lipinski definition) is 1. The second-order valence-electron chi connectivity index (χ2n) is 5.91. The zero-order valence-electron chi connectivity index (χ0n) is 13.4. The van der Waals surface area contributed by atoms with Crippen LogP contribution in [0.3, 0.4) is 0 Å². The van der Waals surface area contributed by atoms with Crippen LogP contribution in [0.2, 0.25) is 0 Å². The fraction of sp³-hybridized carbons (Fsp3) is 0.625. The molecule has 0 aliphatic heterocycles. The van der Waals surface area contributed by atoms with Gasteiger partial charge in [-0.1, -0.05) is 26.0 Å². The Labute approximate surface area is 129 Å². The van der Waals surface area contributed by atoms with Crippen molar-refractivity contribution in [1.82, 2.24) is 4.72 Å². The van der Waals surface area contributed by atoms with Crippen molar-refractivity contribution in [2.24, 2.45) is 5.92 Å². The van der Waals surface area contributed by atoms with Crippen molar-refractivity contribution in [1.29, 1.82) is 0 Å². The fourth-order valence-electron chi connectivity index (χ4n) is 1.96. The largest absolute Gasteiger partial charge is 0.379 e. The third kappa shape index (κ3) is 7.07. The van der Waals surface area contributed by atoms with Crippen molar-refractivity contribution in [3.63, 3.8) is 0 Å². The standard InChI is InChI=1S/C16H27NO3S/c1-13(2)12-15-6-8-16(9-7-15)21(18,19)17-10-5-11-20-14(3)4/h6-9,13-14,17H,5,10-12H2,1-4H3. The molecule has 0 saturated heterocycles. The highest BCUT2D eigenvalue weighted by Gasteiger charge is 2.13. The van der Waals surface area contributed by atoms with E-state index >= 15 is 0 Å². The Balaban J connectivity index is 2.50. The van der Waals surface area contributed by atoms with Gasteiger partial charge in [0.2, 0.25) is 10.0 Å². The predicted molar refractivity (Wildman–Crippen MR) is 85.9 cm³/mol. The van der Waals surface area contributed by atoms with Crippen molar-refractivity contribution in [3.8, 4) is 0 Å². The van der Waals surface area contributed by atoms with E-state index in [2.05, 4.69) is 18.6 Å². The van der Waals surface area contributed by atoms with Crippen LogP contribution in [0.4, 0.5) is 0 Å². The van der Waals surface area contributed by atoms with E-state index in [0.29, 0.717) is 30.4 Å². The summed E-state index contributed by atoms with van der Waals surface area (Å²) in [5, 5.41) is 0. The summed E-state index contributed by atoms with van der Waals surface area (Å²) in [6.07, 6.45) is 1.80. The van der Waals surface area contributed by atoms with E-state index in [1.807, 2.05) is 26.0 Å². The molecule has 0 radical (unpaired) electrons. The monoisotopic (exact) mass is 313 g/mol. The molecule has 4 nitrogen and oxygen atoms in total. The second kappa shape index (κ2) is 8.51. The van der Waals surface area contributed by atoms with Crippen LogP contribution >= 0.6 is 0 Å². The SMILES string of the molecule is CC(C)Cc1ccc(S(=O)(=O)NCCCOC(C)C)cc1. The molecule has 0 aliphatic rings. The first-order chi connectivity index (χ1) is 9.81. The van der Waals surface area contributed by atoms with Gasteiger partial charge in [0.05, 0.1) is 11.0 Å². The third-order valence-electron chi connectivity index (χ3n) is 2.94. The van der Waals surface area contributed by atoms with Gasteiger partial charge < -0.3 is 4.74 Å². The van der Waals surface area contributed by atoms with Crippen molar-refractivity contribution < 1.29 is 13.2 Å². The van der Waals surface area contributed by atoms with Crippen LogP contribution in [0.15, 0.2) is 29.2 Å². The van der Waals surface area contributed by atoms with E-state index in [9.17, 15) is 8.42 Å². The van der Waals surface area contributed by atoms with Gasteiger partial charge in [-0.05, 0) is 50.3 Å². The van der Waals surface area contributed by atoms with Gasteiger partial charge in [0.15, 0.2) is 0 Å². The zero-order valence-corrected chi connectivity index (χ0v) is 14.2. The molecule has 5 heteroatoms. The van der Waals surface area contributed by atoms with Gasteiger partial charge >= 0.3 is 0 Å². The molecule has 1 aromatic rings. The van der Waals surface area contributed by atoms with E-state index < -0.39 is 10.0 Å². The van der Waals surface area contributed by atoms with Gasteiger partial charge in [-0.3, -0.25) is 0 Å². The van der Waals surface area contributed by atoms with Gasteiger partial charge in [0, 0.05) is 13.2 Å². The Hall–Kier alpha value is -0.910. The summed E-state index contributed by atoms with van der Waals surface area (Å²) < 4.78 is 32.2. The summed E-state index contributed by atoms with van der Waals surface area (Å²) in [6.45, 7) is 9.17. The Bertz CT molecular complexity index is 507. The Morgan fingerprint density at radius 2 is 1.71 bits per heavy atom. The average Bonchev–Trinajstić information content (AvgIpc) is 2.37. The molecule has 0 atom stereocenters. The van der Waals surface area contributed by atoms with Gasteiger partial charge in [-0.15, -0.1) is 0 Å². The molecule has 0 bridgehead atoms. The van der Waals surface area contributed by atoms with E-state index in [0.717, 1.165) is 12.0 Å². The highest BCUT2D eigenvalue weighted by atomic mass is 32.2. The molecule has 0 unspecified atom stereocenters. The Kier molecular flexibility index (Phi) is 7.35. The van der Waals surface area contributed by atoms with Gasteiger partial charge in [0.25, 0.3) is 0 Å². The molecule has 120 valence electrons. The lowest BCUT2D eigenvalue weighted by Gasteiger charge is -2.10. The lowest BCUT2D eigenvalue weighted by molar-refractivity contribution is 0.0778. The molecular formula is C16H27NO3S. The molecule has 1 N–H and O–H groups in total. The van der Waals surface area contributed by atoms with Crippen molar-refractivity contribution in [3.05, 3.63) is 29.8 Å². The van der Waals surface area contributed by atoms with Crippen molar-refractivity contribution in [2.45, 2.75) is 51.5 Å². The maximum atomic E-state index is 12.1. The van der Waals surface area contributed by atoms with Crippen molar-refractivity contribution in [2.75, 3.05) is 13.2 Å². The van der Waals surface area contributed by atoms with E-state index in [-0.39, 0.29) is 6.10 Å². The quantitative estimate of drug-likeness (QED) is 0.713. The summed E-state index contributed by atoms with van der Waals surface area (Å²) in [5.74, 6) is 0.562. The summed E-state index contributed by atoms with van der Waals surface area (Å²) in [6, 6.07) is 7.11. The van der Waals surface area contributed by atoms with Crippen LogP contribution in [0.25, 0.3) is 0 Å². The number of ether oxygens (including phenoxy) is 1. The van der Waals surface area contributed by atoms with Crippen LogP contribution < -0.4 is 4.72 Å². The van der Waals surface area contributed by atoms with E-state index in [1.54, 1.807) is 12.1 Å². The lowest BCUT2D eigenvalue weighted by atomic mass is 10.0. The van der Waals surface area contributed by atoms with Gasteiger partial charge in [-0.25, -0.2) is 13.1 Å². The van der Waals surface area contributed by atoms with Crippen LogP contribution in [0, 0.1) is 5.92 Å². The molecule has 0 aromatic heterocycles. The number of benzene rings is 1. The maximum absolute atomic E-state index is 12.1. The Morgan fingerprint density at radius 1 is 1.10 bits per heavy atom. The van der Waals surface area contributed by atoms with Crippen LogP contribution in [0.1, 0.15) is 39.7 Å². The molecular weight excluding hydrogens is 286 g/mol. The van der Waals surface area contributed by atoms with Crippen LogP contribution in [-0.2, 0) is 21.2 Å². The molecule has 0 fully saturated rings. The van der Waals surface area contributed by atoms with Crippen LogP contribution in [-0.4, -0.2) is 27.7 Å². The van der Waals surface area contributed by atoms with E-state index in [1.165, 1.54) is 0 Å². The molecule has 1 rings (SSSR count). The minimum Gasteiger partial charge on any atom is -0.379 e. The topological polar surface area (TPSA) is 55.4 Å². The van der Waals surface area contributed by atoms with Gasteiger partial charge in [0.1, 0.15) is 0 Å². The zero-order chi connectivity index (χ0) is 15.9. The molecule has 0 spiro atoms. The minimum atomic E-state index is -3.41. The lowest BCUT2D eigenvalue weighted by Crippen LogP contribution is -2.25. The summed E-state index contributed by atoms with van der Waals surface area (Å²) >= 11 is 0. The number of rotatable bonds is 9. The fourth-order valence-corrected chi connectivity index (χ4v) is 3.03. The highest BCUT2D eigenvalue weighted by molar-refractivity contribution is 7.89. The third-order valence-corrected chi connectivity index (χ3v) is 4.42. The first-order valence-corrected chi connectivity index (χ1v) is 9.00. The summed E-state index contributed by atoms with van der Waals surface area (Å²) in [7, 11) is -3.41. The second-order valence-corrected chi connectivity index (χ2v) is 7.68. The summed E-state index contributed by atoms with van der Waals surface area (Å²) in [4.78, 5) is 0.319. The van der Waals surface area contributed by atoms with E-state index in [4.69, 9.17) is 4.74 Å². The predicted octanol–water partition coefficient (Wildman–Crippen LogP) is 2.98. The number of sulfonamides is 1. The van der Waals surface area contributed by atoms with Crippen molar-refractivity contribution >= 4 is 10.0 Å². The average molecular weight is 313 g/mol.